The third-order valence-electron chi connectivity index (χ3n) is 4.92. The van der Waals surface area contributed by atoms with Crippen molar-refractivity contribution < 1.29 is 9.59 Å². The zero-order chi connectivity index (χ0) is 18.1. The van der Waals surface area contributed by atoms with E-state index in [4.69, 9.17) is 11.6 Å². The highest BCUT2D eigenvalue weighted by atomic mass is 79.9. The molecule has 130 valence electrons. The smallest absolute Gasteiger partial charge is 0.242 e. The van der Waals surface area contributed by atoms with Gasteiger partial charge >= 0.3 is 0 Å². The van der Waals surface area contributed by atoms with E-state index in [2.05, 4.69) is 26.3 Å². The Morgan fingerprint density at radius 3 is 2.72 bits per heavy atom. The maximum atomic E-state index is 13.3. The Balaban J connectivity index is 2.07. The average molecular weight is 424 g/mol. The molecule has 0 aliphatic carbocycles. The lowest BCUT2D eigenvalue weighted by Gasteiger charge is -2.32. The predicted molar refractivity (Wildman–Crippen MR) is 99.2 cm³/mol. The van der Waals surface area contributed by atoms with Gasteiger partial charge in [0, 0.05) is 34.6 Å². The molecule has 25 heavy (non-hydrogen) atoms. The minimum atomic E-state index is -1.09. The summed E-state index contributed by atoms with van der Waals surface area (Å²) >= 11 is 9.76. The van der Waals surface area contributed by atoms with Crippen LogP contribution >= 0.6 is 27.5 Å². The van der Waals surface area contributed by atoms with Crippen LogP contribution in [0.25, 0.3) is 0 Å². The number of aromatic nitrogens is 2. The fraction of sp³-hybridized carbons (Fsp3) is 0.353. The molecule has 1 spiro atoms. The molecule has 1 aromatic carbocycles. The number of hydrogen-bond donors (Lipinski definition) is 1. The standard InChI is InChI=1S/C17H16BrClN4O2/c1-8(2)23-15-11(7-20-23)17(6-13(24)21-15)10-4-9(19)5-12(18)14(10)22(3)16(17)25/h4-5,7-8H,6H2,1-3H3,(H,21,24)/t17-/m0/s1. The van der Waals surface area contributed by atoms with Crippen LogP contribution < -0.4 is 10.2 Å². The fourth-order valence-electron chi connectivity index (χ4n) is 3.87. The van der Waals surface area contributed by atoms with Gasteiger partial charge in [0.05, 0.1) is 11.9 Å². The summed E-state index contributed by atoms with van der Waals surface area (Å²) in [7, 11) is 1.72. The molecule has 1 N–H and O–H groups in total. The summed E-state index contributed by atoms with van der Waals surface area (Å²) < 4.78 is 2.46. The quantitative estimate of drug-likeness (QED) is 0.763. The molecule has 0 fully saturated rings. The molecule has 0 saturated heterocycles. The van der Waals surface area contributed by atoms with Gasteiger partial charge in [-0.3, -0.25) is 9.59 Å². The second-order valence-corrected chi connectivity index (χ2v) is 8.01. The van der Waals surface area contributed by atoms with Gasteiger partial charge in [-0.25, -0.2) is 4.68 Å². The Morgan fingerprint density at radius 1 is 1.32 bits per heavy atom. The van der Waals surface area contributed by atoms with Crippen LogP contribution in [0.3, 0.4) is 0 Å². The molecule has 8 heteroatoms. The fourth-order valence-corrected chi connectivity index (χ4v) is 4.95. The van der Waals surface area contributed by atoms with Crippen molar-refractivity contribution in [1.82, 2.24) is 9.78 Å². The summed E-state index contributed by atoms with van der Waals surface area (Å²) in [5.41, 5.74) is 1.10. The van der Waals surface area contributed by atoms with Gasteiger partial charge in [0.1, 0.15) is 11.2 Å². The van der Waals surface area contributed by atoms with Crippen LogP contribution in [-0.4, -0.2) is 28.6 Å². The van der Waals surface area contributed by atoms with E-state index in [1.54, 1.807) is 35.0 Å². The second kappa shape index (κ2) is 5.32. The molecule has 6 nitrogen and oxygen atoms in total. The molecular formula is C17H16BrClN4O2. The highest BCUT2D eigenvalue weighted by Crippen LogP contribution is 2.54. The summed E-state index contributed by atoms with van der Waals surface area (Å²) in [4.78, 5) is 27.4. The van der Waals surface area contributed by atoms with E-state index in [9.17, 15) is 9.59 Å². The van der Waals surface area contributed by atoms with Crippen molar-refractivity contribution in [1.29, 1.82) is 0 Å². The van der Waals surface area contributed by atoms with Crippen LogP contribution in [0.2, 0.25) is 5.02 Å². The Hall–Kier alpha value is -1.86. The minimum absolute atomic E-state index is 0.0345. The van der Waals surface area contributed by atoms with Crippen molar-refractivity contribution in [3.63, 3.8) is 0 Å². The third-order valence-corrected chi connectivity index (χ3v) is 5.74. The van der Waals surface area contributed by atoms with Crippen molar-refractivity contribution in [2.24, 2.45) is 0 Å². The molecule has 0 saturated carbocycles. The highest BCUT2D eigenvalue weighted by molar-refractivity contribution is 9.10. The zero-order valence-corrected chi connectivity index (χ0v) is 16.3. The first-order valence-corrected chi connectivity index (χ1v) is 9.10. The van der Waals surface area contributed by atoms with Gasteiger partial charge in [0.25, 0.3) is 0 Å². The van der Waals surface area contributed by atoms with Gasteiger partial charge in [-0.15, -0.1) is 0 Å². The van der Waals surface area contributed by atoms with Crippen LogP contribution in [0.15, 0.2) is 22.8 Å². The molecule has 2 aliphatic rings. The number of nitrogens with one attached hydrogen (secondary N) is 1. The largest absolute Gasteiger partial charge is 0.313 e. The van der Waals surface area contributed by atoms with E-state index in [0.717, 1.165) is 15.7 Å². The Morgan fingerprint density at radius 2 is 2.04 bits per heavy atom. The van der Waals surface area contributed by atoms with Crippen LogP contribution in [-0.2, 0) is 15.0 Å². The molecule has 2 aliphatic heterocycles. The molecule has 2 amide bonds. The summed E-state index contributed by atoms with van der Waals surface area (Å²) in [5, 5.41) is 7.81. The van der Waals surface area contributed by atoms with Gasteiger partial charge in [-0.1, -0.05) is 11.6 Å². The number of carbonyl (C=O) groups excluding carboxylic acids is 2. The topological polar surface area (TPSA) is 67.2 Å². The number of rotatable bonds is 1. The molecular weight excluding hydrogens is 408 g/mol. The first kappa shape index (κ1) is 16.6. The summed E-state index contributed by atoms with van der Waals surface area (Å²) in [6.07, 6.45) is 1.72. The monoisotopic (exact) mass is 422 g/mol. The molecule has 4 rings (SSSR count). The number of benzene rings is 1. The minimum Gasteiger partial charge on any atom is -0.313 e. The van der Waals surface area contributed by atoms with Gasteiger partial charge in [0.2, 0.25) is 11.8 Å². The van der Waals surface area contributed by atoms with Crippen molar-refractivity contribution >= 4 is 50.9 Å². The number of fused-ring (bicyclic) bond motifs is 4. The normalized spacial score (nSPS) is 21.8. The number of amides is 2. The first-order valence-electron chi connectivity index (χ1n) is 7.93. The SMILES string of the molecule is CC(C)n1ncc2c1NC(=O)C[C@@]21C(=O)N(C)c2c(Br)cc(Cl)cc21. The lowest BCUT2D eigenvalue weighted by Crippen LogP contribution is -2.45. The molecule has 0 bridgehead atoms. The van der Waals surface area contributed by atoms with Crippen LogP contribution in [0, 0.1) is 0 Å². The molecule has 0 unspecified atom stereocenters. The summed E-state index contributed by atoms with van der Waals surface area (Å²) in [6, 6.07) is 3.59. The van der Waals surface area contributed by atoms with Gasteiger partial charge < -0.3 is 10.2 Å². The van der Waals surface area contributed by atoms with Crippen molar-refractivity contribution in [2.45, 2.75) is 31.7 Å². The average Bonchev–Trinajstić information content (AvgIpc) is 3.03. The van der Waals surface area contributed by atoms with Crippen molar-refractivity contribution in [2.75, 3.05) is 17.3 Å². The second-order valence-electron chi connectivity index (χ2n) is 6.72. The zero-order valence-electron chi connectivity index (χ0n) is 13.9. The maximum Gasteiger partial charge on any atom is 0.242 e. The van der Waals surface area contributed by atoms with Gasteiger partial charge in [-0.05, 0) is 47.5 Å². The van der Waals surface area contributed by atoms with Crippen molar-refractivity contribution in [3.05, 3.63) is 39.0 Å². The van der Waals surface area contributed by atoms with E-state index in [-0.39, 0.29) is 24.3 Å². The molecule has 1 atom stereocenters. The summed E-state index contributed by atoms with van der Waals surface area (Å²) in [6.45, 7) is 3.95. The lowest BCUT2D eigenvalue weighted by molar-refractivity contribution is -0.126. The van der Waals surface area contributed by atoms with E-state index >= 15 is 0 Å². The number of halogens is 2. The van der Waals surface area contributed by atoms with Crippen LogP contribution in [0.1, 0.15) is 37.4 Å². The van der Waals surface area contributed by atoms with Gasteiger partial charge in [-0.2, -0.15) is 5.10 Å². The number of anilines is 2. The van der Waals surface area contributed by atoms with Crippen LogP contribution in [0.5, 0.6) is 0 Å². The van der Waals surface area contributed by atoms with E-state index in [0.29, 0.717) is 16.4 Å². The Labute approximate surface area is 158 Å². The number of likely N-dealkylation sites (N-methyl/N-ethyl adjacent to an activating group) is 1. The van der Waals surface area contributed by atoms with Crippen LogP contribution in [0.4, 0.5) is 11.5 Å². The van der Waals surface area contributed by atoms with E-state index in [1.165, 1.54) is 0 Å². The molecule has 2 aromatic rings. The molecule has 3 heterocycles. The van der Waals surface area contributed by atoms with Crippen molar-refractivity contribution in [3.8, 4) is 0 Å². The Bertz CT molecular complexity index is 939. The molecule has 0 radical (unpaired) electrons. The third kappa shape index (κ3) is 2.05. The number of carbonyl (C=O) groups is 2. The highest BCUT2D eigenvalue weighted by Gasteiger charge is 2.57. The predicted octanol–water partition coefficient (Wildman–Crippen LogP) is 3.48. The van der Waals surface area contributed by atoms with Gasteiger partial charge in [0.15, 0.2) is 0 Å². The number of hydrogen-bond acceptors (Lipinski definition) is 3. The maximum absolute atomic E-state index is 13.3. The van der Waals surface area contributed by atoms with E-state index in [1.807, 2.05) is 13.8 Å². The Kier molecular flexibility index (Phi) is 3.53. The lowest BCUT2D eigenvalue weighted by atomic mass is 9.72. The summed E-state index contributed by atoms with van der Waals surface area (Å²) in [5.74, 6) is 0.224. The van der Waals surface area contributed by atoms with E-state index < -0.39 is 5.41 Å². The molecule has 1 aromatic heterocycles. The first-order chi connectivity index (χ1) is 11.8. The number of nitrogens with zero attached hydrogens (tertiary/aromatic N) is 3.